The lowest BCUT2D eigenvalue weighted by Gasteiger charge is -2.13. The van der Waals surface area contributed by atoms with Crippen molar-refractivity contribution >= 4 is 28.1 Å². The Kier molecular flexibility index (Phi) is 6.75. The minimum atomic E-state index is -0.335. The summed E-state index contributed by atoms with van der Waals surface area (Å²) in [7, 11) is 1.57. The van der Waals surface area contributed by atoms with Crippen LogP contribution >= 0.6 is 15.9 Å². The lowest BCUT2D eigenvalue weighted by Crippen LogP contribution is -2.17. The van der Waals surface area contributed by atoms with E-state index in [0.29, 0.717) is 23.7 Å². The Morgan fingerprint density at radius 3 is 2.75 bits per heavy atom. The van der Waals surface area contributed by atoms with Gasteiger partial charge in [0.15, 0.2) is 11.5 Å². The van der Waals surface area contributed by atoms with Gasteiger partial charge in [-0.15, -0.1) is 0 Å². The molecule has 3 aromatic rings. The quantitative estimate of drug-likeness (QED) is 0.442. The average Bonchev–Trinajstić information content (AvgIpc) is 2.74. The second kappa shape index (κ2) is 9.66. The molecule has 0 saturated carbocycles. The summed E-state index contributed by atoms with van der Waals surface area (Å²) >= 11 is 3.51. The third kappa shape index (κ3) is 5.17. The number of amides is 1. The van der Waals surface area contributed by atoms with Crippen LogP contribution in [0.4, 0.5) is 0 Å². The maximum absolute atomic E-state index is 12.0. The molecule has 0 radical (unpaired) electrons. The number of nitrogens with one attached hydrogen (secondary N) is 1. The highest BCUT2D eigenvalue weighted by Gasteiger charge is 2.12. The van der Waals surface area contributed by atoms with Gasteiger partial charge in [-0.1, -0.05) is 30.3 Å². The highest BCUT2D eigenvalue weighted by molar-refractivity contribution is 9.10. The molecule has 1 heterocycles. The van der Waals surface area contributed by atoms with Crippen LogP contribution in [0.25, 0.3) is 0 Å². The molecule has 0 saturated heterocycles. The number of ether oxygens (including phenoxy) is 2. The molecule has 0 aliphatic carbocycles. The van der Waals surface area contributed by atoms with Crippen molar-refractivity contribution in [3.8, 4) is 11.5 Å². The lowest BCUT2D eigenvalue weighted by molar-refractivity contribution is 0.0955. The fourth-order valence-corrected chi connectivity index (χ4v) is 2.99. The number of nitrogens with zero attached hydrogens (tertiary/aromatic N) is 2. The number of pyridine rings is 1. The Labute approximate surface area is 171 Å². The molecule has 0 unspecified atom stereocenters. The van der Waals surface area contributed by atoms with Crippen LogP contribution in [-0.4, -0.2) is 24.2 Å². The smallest absolute Gasteiger partial charge is 0.272 e. The zero-order chi connectivity index (χ0) is 19.8. The van der Waals surface area contributed by atoms with Gasteiger partial charge in [0.25, 0.3) is 5.91 Å². The largest absolute Gasteiger partial charge is 0.493 e. The summed E-state index contributed by atoms with van der Waals surface area (Å²) in [4.78, 5) is 15.9. The fourth-order valence-electron chi connectivity index (χ4n) is 2.41. The number of rotatable bonds is 7. The number of hydrazone groups is 1. The van der Waals surface area contributed by atoms with Crippen LogP contribution in [0.1, 0.15) is 21.5 Å². The molecular formula is C21H18BrN3O3. The summed E-state index contributed by atoms with van der Waals surface area (Å²) in [5.41, 5.74) is 4.70. The molecule has 0 aliphatic heterocycles. The average molecular weight is 440 g/mol. The molecule has 6 nitrogen and oxygen atoms in total. The summed E-state index contributed by atoms with van der Waals surface area (Å²) in [5, 5.41) is 3.99. The summed E-state index contributed by atoms with van der Waals surface area (Å²) in [6.07, 6.45) is 4.61. The second-order valence-electron chi connectivity index (χ2n) is 5.75. The maximum atomic E-state index is 12.0. The van der Waals surface area contributed by atoms with Crippen LogP contribution in [0.2, 0.25) is 0 Å². The Morgan fingerprint density at radius 1 is 1.21 bits per heavy atom. The molecule has 0 bridgehead atoms. The van der Waals surface area contributed by atoms with E-state index in [1.807, 2.05) is 36.4 Å². The Hall–Kier alpha value is -3.19. The van der Waals surface area contributed by atoms with Gasteiger partial charge in [-0.3, -0.25) is 9.78 Å². The van der Waals surface area contributed by atoms with Gasteiger partial charge >= 0.3 is 0 Å². The number of methoxy groups -OCH3 is 1. The van der Waals surface area contributed by atoms with Crippen molar-refractivity contribution in [1.82, 2.24) is 10.4 Å². The van der Waals surface area contributed by atoms with Crippen molar-refractivity contribution in [3.05, 3.63) is 88.2 Å². The molecule has 1 amide bonds. The molecule has 1 N–H and O–H groups in total. The van der Waals surface area contributed by atoms with Gasteiger partial charge in [-0.25, -0.2) is 5.43 Å². The van der Waals surface area contributed by atoms with Crippen molar-refractivity contribution < 1.29 is 14.3 Å². The SMILES string of the molecule is COc1cc(/C=N/NC(=O)c2cccnc2)cc(Br)c1OCc1ccccc1. The standard InChI is InChI=1S/C21H18BrN3O3/c1-27-19-11-16(12-24-25-21(26)17-8-5-9-23-13-17)10-18(22)20(19)28-14-15-6-3-2-4-7-15/h2-13H,14H2,1H3,(H,25,26)/b24-12+. The number of carbonyl (C=O) groups is 1. The maximum Gasteiger partial charge on any atom is 0.272 e. The number of hydrogen-bond acceptors (Lipinski definition) is 5. The topological polar surface area (TPSA) is 72.8 Å². The van der Waals surface area contributed by atoms with Gasteiger partial charge in [0.1, 0.15) is 6.61 Å². The van der Waals surface area contributed by atoms with Gasteiger partial charge in [0.05, 0.1) is 23.4 Å². The van der Waals surface area contributed by atoms with Crippen molar-refractivity contribution in [2.75, 3.05) is 7.11 Å². The molecule has 0 spiro atoms. The van der Waals surface area contributed by atoms with E-state index in [9.17, 15) is 4.79 Å². The van der Waals surface area contributed by atoms with E-state index < -0.39 is 0 Å². The van der Waals surface area contributed by atoms with Gasteiger partial charge in [0.2, 0.25) is 0 Å². The van der Waals surface area contributed by atoms with Crippen LogP contribution in [0, 0.1) is 0 Å². The first-order valence-corrected chi connectivity index (χ1v) is 9.24. The van der Waals surface area contributed by atoms with E-state index in [-0.39, 0.29) is 5.91 Å². The number of aromatic nitrogens is 1. The van der Waals surface area contributed by atoms with E-state index in [4.69, 9.17) is 9.47 Å². The first kappa shape index (κ1) is 19.6. The normalized spacial score (nSPS) is 10.6. The number of halogens is 1. The zero-order valence-electron chi connectivity index (χ0n) is 15.1. The van der Waals surface area contributed by atoms with Crippen molar-refractivity contribution in [3.63, 3.8) is 0 Å². The molecule has 0 fully saturated rings. The Morgan fingerprint density at radius 2 is 2.04 bits per heavy atom. The number of benzene rings is 2. The van der Waals surface area contributed by atoms with Crippen LogP contribution in [0.5, 0.6) is 11.5 Å². The van der Waals surface area contributed by atoms with Crippen molar-refractivity contribution in [2.24, 2.45) is 5.10 Å². The van der Waals surface area contributed by atoms with Crippen LogP contribution in [0.3, 0.4) is 0 Å². The molecular weight excluding hydrogens is 422 g/mol. The number of carbonyl (C=O) groups excluding carboxylic acids is 1. The molecule has 0 aliphatic rings. The molecule has 0 atom stereocenters. The first-order chi connectivity index (χ1) is 13.7. The van der Waals surface area contributed by atoms with E-state index in [1.165, 1.54) is 12.4 Å². The third-order valence-electron chi connectivity index (χ3n) is 3.78. The summed E-state index contributed by atoms with van der Waals surface area (Å²) in [6, 6.07) is 16.8. The van der Waals surface area contributed by atoms with Gasteiger partial charge < -0.3 is 9.47 Å². The van der Waals surface area contributed by atoms with E-state index in [0.717, 1.165) is 15.6 Å². The molecule has 3 rings (SSSR count). The lowest BCUT2D eigenvalue weighted by atomic mass is 10.2. The third-order valence-corrected chi connectivity index (χ3v) is 4.37. The zero-order valence-corrected chi connectivity index (χ0v) is 16.7. The van der Waals surface area contributed by atoms with E-state index in [1.54, 1.807) is 31.5 Å². The van der Waals surface area contributed by atoms with Crippen LogP contribution in [0.15, 0.2) is 76.6 Å². The summed E-state index contributed by atoms with van der Waals surface area (Å²) in [6.45, 7) is 0.421. The second-order valence-corrected chi connectivity index (χ2v) is 6.60. The monoisotopic (exact) mass is 439 g/mol. The van der Waals surface area contributed by atoms with Crippen LogP contribution in [-0.2, 0) is 6.61 Å². The minimum Gasteiger partial charge on any atom is -0.493 e. The highest BCUT2D eigenvalue weighted by atomic mass is 79.9. The van der Waals surface area contributed by atoms with Crippen molar-refractivity contribution in [1.29, 1.82) is 0 Å². The van der Waals surface area contributed by atoms with Crippen molar-refractivity contribution in [2.45, 2.75) is 6.61 Å². The minimum absolute atomic E-state index is 0.335. The predicted molar refractivity (Wildman–Crippen MR) is 111 cm³/mol. The molecule has 1 aromatic heterocycles. The first-order valence-electron chi connectivity index (χ1n) is 8.45. The number of hydrogen-bond donors (Lipinski definition) is 1. The highest BCUT2D eigenvalue weighted by Crippen LogP contribution is 2.36. The van der Waals surface area contributed by atoms with Crippen LogP contribution < -0.4 is 14.9 Å². The van der Waals surface area contributed by atoms with E-state index >= 15 is 0 Å². The predicted octanol–water partition coefficient (Wildman–Crippen LogP) is 4.20. The van der Waals surface area contributed by atoms with Gasteiger partial charge in [0, 0.05) is 12.4 Å². The molecule has 7 heteroatoms. The van der Waals surface area contributed by atoms with E-state index in [2.05, 4.69) is 31.4 Å². The molecule has 2 aromatic carbocycles. The summed E-state index contributed by atoms with van der Waals surface area (Å²) in [5.74, 6) is 0.825. The molecule has 142 valence electrons. The molecule has 28 heavy (non-hydrogen) atoms. The summed E-state index contributed by atoms with van der Waals surface area (Å²) < 4.78 is 12.1. The fraction of sp³-hybridized carbons (Fsp3) is 0.0952. The Bertz CT molecular complexity index is 963. The van der Waals surface area contributed by atoms with Gasteiger partial charge in [-0.05, 0) is 51.3 Å². The Balaban J connectivity index is 1.69. The van der Waals surface area contributed by atoms with Gasteiger partial charge in [-0.2, -0.15) is 5.10 Å².